The van der Waals surface area contributed by atoms with Crippen molar-refractivity contribution in [1.29, 1.82) is 0 Å². The third-order valence-corrected chi connectivity index (χ3v) is 6.14. The topological polar surface area (TPSA) is 81.4 Å². The van der Waals surface area contributed by atoms with E-state index in [0.29, 0.717) is 0 Å². The Balaban J connectivity index is 2.31. The normalized spacial score (nSPS) is 17.6. The number of nitrogens with two attached hydrogens (primary N) is 1. The van der Waals surface area contributed by atoms with Crippen LogP contribution in [0.1, 0.15) is 25.7 Å². The van der Waals surface area contributed by atoms with E-state index in [2.05, 4.69) is 20.7 Å². The second-order valence-corrected chi connectivity index (χ2v) is 7.96. The van der Waals surface area contributed by atoms with Crippen LogP contribution in [-0.4, -0.2) is 28.1 Å². The van der Waals surface area contributed by atoms with Gasteiger partial charge in [0.1, 0.15) is 16.5 Å². The van der Waals surface area contributed by atoms with Crippen molar-refractivity contribution in [3.8, 4) is 5.75 Å². The molecule has 2 rings (SSSR count). The third-order valence-electron chi connectivity index (χ3n) is 4.03. The number of ether oxygens (including phenoxy) is 1. The maximum atomic E-state index is 13.7. The minimum absolute atomic E-state index is 0.0861. The highest BCUT2D eigenvalue weighted by Gasteiger charge is 2.30. The molecular weight excluding hydrogens is 375 g/mol. The molecule has 1 atom stereocenters. The van der Waals surface area contributed by atoms with E-state index >= 15 is 0 Å². The van der Waals surface area contributed by atoms with Gasteiger partial charge < -0.3 is 10.5 Å². The fraction of sp³-hybridized carbons (Fsp3) is 0.571. The highest BCUT2D eigenvalue weighted by Crippen LogP contribution is 2.32. The van der Waals surface area contributed by atoms with Crippen LogP contribution in [0.5, 0.6) is 5.75 Å². The van der Waals surface area contributed by atoms with Gasteiger partial charge in [0, 0.05) is 12.6 Å². The summed E-state index contributed by atoms with van der Waals surface area (Å²) in [6, 6.07) is 1.91. The molecule has 8 heteroatoms. The lowest BCUT2D eigenvalue weighted by Crippen LogP contribution is -2.44. The predicted molar refractivity (Wildman–Crippen MR) is 85.8 cm³/mol. The molecule has 0 bridgehead atoms. The lowest BCUT2D eigenvalue weighted by Gasteiger charge is -2.23. The summed E-state index contributed by atoms with van der Waals surface area (Å²) in [5.74, 6) is -0.347. The first kappa shape index (κ1) is 17.7. The van der Waals surface area contributed by atoms with E-state index in [0.717, 1.165) is 31.7 Å². The molecule has 0 saturated heterocycles. The quantitative estimate of drug-likeness (QED) is 0.775. The van der Waals surface area contributed by atoms with E-state index < -0.39 is 15.8 Å². The first-order valence-electron chi connectivity index (χ1n) is 7.14. The molecule has 1 aliphatic rings. The number of methoxy groups -OCH3 is 1. The molecule has 0 radical (unpaired) electrons. The summed E-state index contributed by atoms with van der Waals surface area (Å²) in [4.78, 5) is -0.216. The number of benzene rings is 1. The first-order valence-corrected chi connectivity index (χ1v) is 9.42. The van der Waals surface area contributed by atoms with Gasteiger partial charge in [-0.15, -0.1) is 0 Å². The third kappa shape index (κ3) is 3.79. The van der Waals surface area contributed by atoms with Crippen molar-refractivity contribution in [3.63, 3.8) is 0 Å². The highest BCUT2D eigenvalue weighted by molar-refractivity contribution is 9.10. The number of sulfonamides is 1. The van der Waals surface area contributed by atoms with Gasteiger partial charge in [-0.2, -0.15) is 0 Å². The smallest absolute Gasteiger partial charge is 0.244 e. The Labute approximate surface area is 138 Å². The lowest BCUT2D eigenvalue weighted by molar-refractivity contribution is 0.392. The van der Waals surface area contributed by atoms with Crippen LogP contribution in [0.2, 0.25) is 0 Å². The van der Waals surface area contributed by atoms with Gasteiger partial charge in [0.05, 0.1) is 11.6 Å². The molecule has 124 valence electrons. The molecule has 1 aromatic carbocycles. The van der Waals surface area contributed by atoms with Gasteiger partial charge >= 0.3 is 0 Å². The molecule has 22 heavy (non-hydrogen) atoms. The van der Waals surface area contributed by atoms with Crippen molar-refractivity contribution < 1.29 is 17.5 Å². The number of halogens is 2. The van der Waals surface area contributed by atoms with Gasteiger partial charge in [-0.3, -0.25) is 0 Å². The fourth-order valence-electron chi connectivity index (χ4n) is 2.84. The molecule has 1 saturated carbocycles. The minimum Gasteiger partial charge on any atom is -0.495 e. The summed E-state index contributed by atoms with van der Waals surface area (Å²) in [5.41, 5.74) is 5.72. The van der Waals surface area contributed by atoms with E-state index in [4.69, 9.17) is 10.5 Å². The average Bonchev–Trinajstić information content (AvgIpc) is 3.01. The Hall–Kier alpha value is -0.700. The van der Waals surface area contributed by atoms with Gasteiger partial charge in [0.25, 0.3) is 0 Å². The van der Waals surface area contributed by atoms with Crippen molar-refractivity contribution in [2.24, 2.45) is 11.7 Å². The van der Waals surface area contributed by atoms with E-state index in [-0.39, 0.29) is 33.6 Å². The molecule has 1 aliphatic carbocycles. The molecule has 1 fully saturated rings. The Morgan fingerprint density at radius 1 is 1.45 bits per heavy atom. The Bertz CT molecular complexity index is 633. The summed E-state index contributed by atoms with van der Waals surface area (Å²) >= 11 is 3.02. The van der Waals surface area contributed by atoms with E-state index in [1.807, 2.05) is 0 Å². The van der Waals surface area contributed by atoms with Gasteiger partial charge in [0.15, 0.2) is 0 Å². The molecule has 0 spiro atoms. The van der Waals surface area contributed by atoms with Crippen LogP contribution in [0.25, 0.3) is 0 Å². The number of rotatable bonds is 6. The van der Waals surface area contributed by atoms with Crippen LogP contribution in [0, 0.1) is 11.7 Å². The van der Waals surface area contributed by atoms with Crippen LogP contribution >= 0.6 is 15.9 Å². The molecule has 0 heterocycles. The Morgan fingerprint density at radius 3 is 2.64 bits per heavy atom. The Morgan fingerprint density at radius 2 is 2.09 bits per heavy atom. The van der Waals surface area contributed by atoms with Gasteiger partial charge in [-0.1, -0.05) is 12.8 Å². The molecule has 1 unspecified atom stereocenters. The molecular formula is C14H20BrFN2O3S. The predicted octanol–water partition coefficient (Wildman–Crippen LogP) is 2.39. The van der Waals surface area contributed by atoms with Crippen LogP contribution < -0.4 is 15.2 Å². The number of hydrogen-bond donors (Lipinski definition) is 2. The average molecular weight is 395 g/mol. The lowest BCUT2D eigenvalue weighted by atomic mass is 9.99. The van der Waals surface area contributed by atoms with Crippen molar-refractivity contribution in [2.75, 3.05) is 13.7 Å². The van der Waals surface area contributed by atoms with Crippen molar-refractivity contribution in [2.45, 2.75) is 36.6 Å². The maximum Gasteiger partial charge on any atom is 0.244 e. The monoisotopic (exact) mass is 394 g/mol. The molecule has 3 N–H and O–H groups in total. The zero-order valence-electron chi connectivity index (χ0n) is 12.3. The van der Waals surface area contributed by atoms with Crippen molar-refractivity contribution >= 4 is 26.0 Å². The van der Waals surface area contributed by atoms with Gasteiger partial charge in [0.2, 0.25) is 10.0 Å². The number of hydrogen-bond acceptors (Lipinski definition) is 4. The SMILES string of the molecule is COc1cc(Br)c(F)cc1S(=O)(=O)NC(CN)C1CCCC1. The Kier molecular flexibility index (Phi) is 5.81. The number of nitrogens with one attached hydrogen (secondary N) is 1. The summed E-state index contributed by atoms with van der Waals surface area (Å²) in [5, 5.41) is 0. The maximum absolute atomic E-state index is 13.7. The fourth-order valence-corrected chi connectivity index (χ4v) is 4.64. The summed E-state index contributed by atoms with van der Waals surface area (Å²) < 4.78 is 46.7. The van der Waals surface area contributed by atoms with Crippen molar-refractivity contribution in [3.05, 3.63) is 22.4 Å². The van der Waals surface area contributed by atoms with Gasteiger partial charge in [-0.05, 0) is 46.8 Å². The van der Waals surface area contributed by atoms with Crippen LogP contribution in [0.4, 0.5) is 4.39 Å². The summed E-state index contributed by atoms with van der Waals surface area (Å²) in [6.07, 6.45) is 4.07. The molecule has 5 nitrogen and oxygen atoms in total. The zero-order valence-corrected chi connectivity index (χ0v) is 14.7. The van der Waals surface area contributed by atoms with Crippen LogP contribution in [-0.2, 0) is 10.0 Å². The largest absolute Gasteiger partial charge is 0.495 e. The summed E-state index contributed by atoms with van der Waals surface area (Å²) in [7, 11) is -2.56. The first-order chi connectivity index (χ1) is 10.4. The highest BCUT2D eigenvalue weighted by atomic mass is 79.9. The zero-order chi connectivity index (χ0) is 16.3. The molecule has 0 aromatic heterocycles. The van der Waals surface area contributed by atoms with Gasteiger partial charge in [-0.25, -0.2) is 17.5 Å². The molecule has 1 aromatic rings. The standard InChI is InChI=1S/C14H20BrFN2O3S/c1-21-13-6-10(15)11(16)7-14(13)22(19,20)18-12(8-17)9-4-2-3-5-9/h6-7,9,12,18H,2-5,8,17H2,1H3. The van der Waals surface area contributed by atoms with E-state index in [1.54, 1.807) is 0 Å². The van der Waals surface area contributed by atoms with Crippen molar-refractivity contribution in [1.82, 2.24) is 4.72 Å². The van der Waals surface area contributed by atoms with Crippen LogP contribution in [0.3, 0.4) is 0 Å². The van der Waals surface area contributed by atoms with E-state index in [9.17, 15) is 12.8 Å². The minimum atomic E-state index is -3.91. The second kappa shape index (κ2) is 7.25. The van der Waals surface area contributed by atoms with Crippen LogP contribution in [0.15, 0.2) is 21.5 Å². The molecule has 0 aliphatic heterocycles. The van der Waals surface area contributed by atoms with E-state index in [1.165, 1.54) is 13.2 Å². The molecule has 0 amide bonds. The second-order valence-electron chi connectivity index (χ2n) is 5.43. The summed E-state index contributed by atoms with van der Waals surface area (Å²) in [6.45, 7) is 0.214.